The summed E-state index contributed by atoms with van der Waals surface area (Å²) >= 11 is 0. The smallest absolute Gasteiger partial charge is 0.255 e. The molecule has 7 nitrogen and oxygen atoms in total. The summed E-state index contributed by atoms with van der Waals surface area (Å²) in [5, 5.41) is 6.85. The number of rotatable bonds is 6. The van der Waals surface area contributed by atoms with E-state index in [2.05, 4.69) is 10.4 Å². The standard InChI is InChI=1S/C13H23N5O2/c1-9(13(20)17(3)4)16-12(19)11-8-15-18(10(11)2)7-5-6-14/h8-9H,5-7,14H2,1-4H3,(H,16,19). The maximum atomic E-state index is 12.1. The average Bonchev–Trinajstić information content (AvgIpc) is 2.76. The van der Waals surface area contributed by atoms with Crippen LogP contribution >= 0.6 is 0 Å². The Morgan fingerprint density at radius 2 is 2.15 bits per heavy atom. The van der Waals surface area contributed by atoms with Crippen LogP contribution in [-0.4, -0.2) is 53.2 Å². The van der Waals surface area contributed by atoms with E-state index in [1.54, 1.807) is 25.7 Å². The Balaban J connectivity index is 2.73. The monoisotopic (exact) mass is 281 g/mol. The number of carbonyl (C=O) groups is 2. The van der Waals surface area contributed by atoms with Crippen molar-refractivity contribution in [2.45, 2.75) is 32.9 Å². The molecule has 3 N–H and O–H groups in total. The third-order valence-electron chi connectivity index (χ3n) is 3.08. The lowest BCUT2D eigenvalue weighted by Gasteiger charge is -2.17. The van der Waals surface area contributed by atoms with Gasteiger partial charge in [0.25, 0.3) is 5.91 Å². The van der Waals surface area contributed by atoms with Gasteiger partial charge in [0.05, 0.1) is 11.8 Å². The highest BCUT2D eigenvalue weighted by Crippen LogP contribution is 2.08. The lowest BCUT2D eigenvalue weighted by molar-refractivity contribution is -0.130. The summed E-state index contributed by atoms with van der Waals surface area (Å²) in [4.78, 5) is 25.3. The van der Waals surface area contributed by atoms with Crippen LogP contribution in [0, 0.1) is 6.92 Å². The molecule has 0 aliphatic rings. The second kappa shape index (κ2) is 7.04. The molecule has 1 heterocycles. The average molecular weight is 281 g/mol. The Morgan fingerprint density at radius 3 is 2.70 bits per heavy atom. The number of likely N-dealkylation sites (N-methyl/N-ethyl adjacent to an activating group) is 1. The molecule has 0 aliphatic carbocycles. The predicted octanol–water partition coefficient (Wildman–Crippen LogP) is -0.253. The maximum absolute atomic E-state index is 12.1. The zero-order valence-electron chi connectivity index (χ0n) is 12.5. The van der Waals surface area contributed by atoms with Gasteiger partial charge in [0, 0.05) is 26.3 Å². The van der Waals surface area contributed by atoms with Crippen LogP contribution in [0.15, 0.2) is 6.20 Å². The van der Waals surface area contributed by atoms with Crippen LogP contribution in [0.25, 0.3) is 0 Å². The molecule has 0 saturated carbocycles. The van der Waals surface area contributed by atoms with Crippen molar-refractivity contribution in [3.63, 3.8) is 0 Å². The minimum absolute atomic E-state index is 0.147. The Hall–Kier alpha value is -1.89. The van der Waals surface area contributed by atoms with E-state index in [0.29, 0.717) is 18.7 Å². The fraction of sp³-hybridized carbons (Fsp3) is 0.615. The van der Waals surface area contributed by atoms with Gasteiger partial charge < -0.3 is 16.0 Å². The molecule has 0 saturated heterocycles. The normalized spacial score (nSPS) is 12.1. The second-order valence-electron chi connectivity index (χ2n) is 4.94. The quantitative estimate of drug-likeness (QED) is 0.751. The molecule has 1 aromatic heterocycles. The molecule has 2 amide bonds. The number of amides is 2. The van der Waals surface area contributed by atoms with Crippen LogP contribution < -0.4 is 11.1 Å². The first-order chi connectivity index (χ1) is 9.38. The highest BCUT2D eigenvalue weighted by atomic mass is 16.2. The highest BCUT2D eigenvalue weighted by Gasteiger charge is 2.20. The van der Waals surface area contributed by atoms with Gasteiger partial charge in [-0.2, -0.15) is 5.10 Å². The lowest BCUT2D eigenvalue weighted by atomic mass is 10.2. The molecule has 20 heavy (non-hydrogen) atoms. The van der Waals surface area contributed by atoms with E-state index in [9.17, 15) is 9.59 Å². The van der Waals surface area contributed by atoms with Gasteiger partial charge in [-0.25, -0.2) is 0 Å². The number of carbonyl (C=O) groups excluding carboxylic acids is 2. The maximum Gasteiger partial charge on any atom is 0.255 e. The molecule has 0 aromatic carbocycles. The summed E-state index contributed by atoms with van der Waals surface area (Å²) in [5.74, 6) is -0.435. The molecule has 1 atom stereocenters. The third-order valence-corrected chi connectivity index (χ3v) is 3.08. The highest BCUT2D eigenvalue weighted by molar-refractivity contribution is 5.98. The van der Waals surface area contributed by atoms with Gasteiger partial charge in [-0.15, -0.1) is 0 Å². The second-order valence-corrected chi connectivity index (χ2v) is 4.94. The number of nitrogens with zero attached hydrogens (tertiary/aromatic N) is 3. The Morgan fingerprint density at radius 1 is 1.50 bits per heavy atom. The van der Waals surface area contributed by atoms with Crippen LogP contribution in [0.5, 0.6) is 0 Å². The summed E-state index contributed by atoms with van der Waals surface area (Å²) in [6.45, 7) is 4.75. The van der Waals surface area contributed by atoms with Crippen molar-refractivity contribution in [2.75, 3.05) is 20.6 Å². The van der Waals surface area contributed by atoms with Gasteiger partial charge in [0.15, 0.2) is 0 Å². The summed E-state index contributed by atoms with van der Waals surface area (Å²) in [7, 11) is 3.31. The first-order valence-corrected chi connectivity index (χ1v) is 6.63. The fourth-order valence-electron chi connectivity index (χ4n) is 1.86. The van der Waals surface area contributed by atoms with Gasteiger partial charge in [0.1, 0.15) is 6.04 Å². The van der Waals surface area contributed by atoms with E-state index in [1.807, 2.05) is 6.92 Å². The van der Waals surface area contributed by atoms with Crippen LogP contribution in [0.4, 0.5) is 0 Å². The van der Waals surface area contributed by atoms with Crippen molar-refractivity contribution in [3.8, 4) is 0 Å². The van der Waals surface area contributed by atoms with Gasteiger partial charge >= 0.3 is 0 Å². The molecule has 0 aliphatic heterocycles. The molecule has 0 radical (unpaired) electrons. The van der Waals surface area contributed by atoms with Gasteiger partial charge in [0.2, 0.25) is 5.91 Å². The predicted molar refractivity (Wildman–Crippen MR) is 76.3 cm³/mol. The molecule has 0 spiro atoms. The van der Waals surface area contributed by atoms with Crippen molar-refractivity contribution in [3.05, 3.63) is 17.5 Å². The minimum atomic E-state index is -0.565. The Labute approximate surface area is 119 Å². The largest absolute Gasteiger partial charge is 0.347 e. The van der Waals surface area contributed by atoms with E-state index in [4.69, 9.17) is 5.73 Å². The van der Waals surface area contributed by atoms with Crippen LogP contribution in [0.3, 0.4) is 0 Å². The van der Waals surface area contributed by atoms with Gasteiger partial charge in [-0.1, -0.05) is 0 Å². The minimum Gasteiger partial charge on any atom is -0.347 e. The third kappa shape index (κ3) is 3.80. The van der Waals surface area contributed by atoms with Crippen molar-refractivity contribution >= 4 is 11.8 Å². The Bertz CT molecular complexity index is 481. The molecular weight excluding hydrogens is 258 g/mol. The number of nitrogens with two attached hydrogens (primary N) is 1. The first-order valence-electron chi connectivity index (χ1n) is 6.63. The first kappa shape index (κ1) is 16.2. The van der Waals surface area contributed by atoms with E-state index >= 15 is 0 Å². The molecule has 1 rings (SSSR count). The Kier molecular flexibility index (Phi) is 5.69. The van der Waals surface area contributed by atoms with Gasteiger partial charge in [-0.05, 0) is 26.8 Å². The van der Waals surface area contributed by atoms with E-state index in [1.165, 1.54) is 11.1 Å². The van der Waals surface area contributed by atoms with E-state index in [-0.39, 0.29) is 11.8 Å². The summed E-state index contributed by atoms with van der Waals surface area (Å²) in [6, 6.07) is -0.565. The van der Waals surface area contributed by atoms with Crippen molar-refractivity contribution in [1.29, 1.82) is 0 Å². The van der Waals surface area contributed by atoms with E-state index < -0.39 is 6.04 Å². The van der Waals surface area contributed by atoms with Crippen LogP contribution in [0.1, 0.15) is 29.4 Å². The lowest BCUT2D eigenvalue weighted by Crippen LogP contribution is -2.44. The zero-order chi connectivity index (χ0) is 15.3. The van der Waals surface area contributed by atoms with E-state index in [0.717, 1.165) is 12.1 Å². The summed E-state index contributed by atoms with van der Waals surface area (Å²) in [5.41, 5.74) is 6.72. The SMILES string of the molecule is Cc1c(C(=O)NC(C)C(=O)N(C)C)cnn1CCCN. The molecule has 7 heteroatoms. The molecule has 0 fully saturated rings. The van der Waals surface area contributed by atoms with Crippen molar-refractivity contribution in [1.82, 2.24) is 20.0 Å². The number of hydrogen-bond donors (Lipinski definition) is 2. The summed E-state index contributed by atoms with van der Waals surface area (Å²) < 4.78 is 1.75. The number of hydrogen-bond acceptors (Lipinski definition) is 4. The molecule has 112 valence electrons. The topological polar surface area (TPSA) is 93.2 Å². The number of aromatic nitrogens is 2. The van der Waals surface area contributed by atoms with Gasteiger partial charge in [-0.3, -0.25) is 14.3 Å². The summed E-state index contributed by atoms with van der Waals surface area (Å²) in [6.07, 6.45) is 2.33. The molecule has 0 bridgehead atoms. The van der Waals surface area contributed by atoms with Crippen molar-refractivity contribution in [2.24, 2.45) is 5.73 Å². The molecular formula is C13H23N5O2. The van der Waals surface area contributed by atoms with Crippen LogP contribution in [0.2, 0.25) is 0 Å². The van der Waals surface area contributed by atoms with Crippen LogP contribution in [-0.2, 0) is 11.3 Å². The zero-order valence-corrected chi connectivity index (χ0v) is 12.5. The van der Waals surface area contributed by atoms with Crippen molar-refractivity contribution < 1.29 is 9.59 Å². The molecule has 1 unspecified atom stereocenters. The molecule has 1 aromatic rings. The number of nitrogens with one attached hydrogen (secondary N) is 1. The number of aryl methyl sites for hydroxylation is 1. The fourth-order valence-corrected chi connectivity index (χ4v) is 1.86.